The van der Waals surface area contributed by atoms with Crippen LogP contribution in [0.5, 0.6) is 0 Å². The molecule has 0 bridgehead atoms. The second-order valence-corrected chi connectivity index (χ2v) is 6.81. The molecule has 2 heterocycles. The van der Waals surface area contributed by atoms with Crippen molar-refractivity contribution in [2.24, 2.45) is 0 Å². The van der Waals surface area contributed by atoms with Crippen molar-refractivity contribution < 1.29 is 24.2 Å². The van der Waals surface area contributed by atoms with Gasteiger partial charge < -0.3 is 20.5 Å². The summed E-state index contributed by atoms with van der Waals surface area (Å²) in [6, 6.07) is 10.8. The number of carboxylic acids is 1. The third-order valence-corrected chi connectivity index (χ3v) is 4.61. The smallest absolute Gasteiger partial charge is 0.325 e. The minimum absolute atomic E-state index is 0.128. The van der Waals surface area contributed by atoms with Crippen molar-refractivity contribution in [3.63, 3.8) is 0 Å². The van der Waals surface area contributed by atoms with Crippen molar-refractivity contribution >= 4 is 29.3 Å². The maximum atomic E-state index is 12.7. The van der Waals surface area contributed by atoms with Crippen molar-refractivity contribution in [1.29, 1.82) is 5.26 Å². The second kappa shape index (κ2) is 9.61. The maximum absolute atomic E-state index is 12.7. The number of carboxylic acid groups (broad SMARTS) is 1. The number of amides is 1. The molecule has 3 aromatic rings. The molecule has 1 aromatic carbocycles. The third-order valence-electron chi connectivity index (χ3n) is 4.61. The van der Waals surface area contributed by atoms with Gasteiger partial charge in [-0.15, -0.1) is 0 Å². The van der Waals surface area contributed by atoms with Crippen LogP contribution < -0.4 is 10.6 Å². The Morgan fingerprint density at radius 1 is 1.25 bits per heavy atom. The number of carbonyl (C=O) groups excluding carboxylic acids is 2. The van der Waals surface area contributed by atoms with E-state index in [1.165, 1.54) is 13.0 Å². The first-order valence-corrected chi connectivity index (χ1v) is 9.80. The Hall–Kier alpha value is -4.39. The molecular formula is C22H21N5O5. The average Bonchev–Trinajstić information content (AvgIpc) is 3.16. The fourth-order valence-corrected chi connectivity index (χ4v) is 3.02. The standard InChI is InChI=1S/C22H21N5O5/c1-3-32-17(28)12-24-20-18(15-8-6-14(11-23)7-9-15)26-19-16(5-4-10-27(19)20)21(29)25-13(2)22(30)31/h4-10,13,24H,3,12H2,1-2H3,(H,25,29)(H,30,31). The molecule has 3 rings (SSSR count). The Kier molecular flexibility index (Phi) is 6.70. The first-order chi connectivity index (χ1) is 15.3. The van der Waals surface area contributed by atoms with Gasteiger partial charge in [-0.2, -0.15) is 5.26 Å². The van der Waals surface area contributed by atoms with E-state index in [0.717, 1.165) is 0 Å². The van der Waals surface area contributed by atoms with Gasteiger partial charge in [0, 0.05) is 11.8 Å². The van der Waals surface area contributed by atoms with E-state index in [2.05, 4.69) is 15.6 Å². The number of benzene rings is 1. The molecule has 1 atom stereocenters. The van der Waals surface area contributed by atoms with Gasteiger partial charge in [0.2, 0.25) is 0 Å². The molecule has 1 unspecified atom stereocenters. The van der Waals surface area contributed by atoms with Gasteiger partial charge >= 0.3 is 11.9 Å². The highest BCUT2D eigenvalue weighted by Crippen LogP contribution is 2.30. The zero-order chi connectivity index (χ0) is 23.3. The minimum Gasteiger partial charge on any atom is -0.480 e. The van der Waals surface area contributed by atoms with Gasteiger partial charge in [-0.1, -0.05) is 12.1 Å². The number of rotatable bonds is 8. The van der Waals surface area contributed by atoms with Crippen LogP contribution in [0.3, 0.4) is 0 Å². The number of nitriles is 1. The molecule has 0 fully saturated rings. The topological polar surface area (TPSA) is 146 Å². The van der Waals surface area contributed by atoms with E-state index in [0.29, 0.717) is 22.6 Å². The molecule has 0 aliphatic rings. The Morgan fingerprint density at radius 3 is 2.59 bits per heavy atom. The van der Waals surface area contributed by atoms with Gasteiger partial charge in [-0.3, -0.25) is 18.8 Å². The number of nitrogens with one attached hydrogen (secondary N) is 2. The summed E-state index contributed by atoms with van der Waals surface area (Å²) < 4.78 is 6.57. The summed E-state index contributed by atoms with van der Waals surface area (Å²) in [6.45, 7) is 3.18. The van der Waals surface area contributed by atoms with E-state index in [1.807, 2.05) is 6.07 Å². The van der Waals surface area contributed by atoms with Crippen LogP contribution in [0.15, 0.2) is 42.6 Å². The molecule has 1 amide bonds. The van der Waals surface area contributed by atoms with Gasteiger partial charge in [0.15, 0.2) is 5.65 Å². The van der Waals surface area contributed by atoms with Gasteiger partial charge in [0.1, 0.15) is 24.1 Å². The number of imidazole rings is 1. The van der Waals surface area contributed by atoms with Gasteiger partial charge in [0.05, 0.1) is 23.8 Å². The van der Waals surface area contributed by atoms with Crippen LogP contribution in [0.4, 0.5) is 5.82 Å². The van der Waals surface area contributed by atoms with Crippen LogP contribution in [0.2, 0.25) is 0 Å². The highest BCUT2D eigenvalue weighted by atomic mass is 16.5. The summed E-state index contributed by atoms with van der Waals surface area (Å²) in [4.78, 5) is 40.3. The number of carbonyl (C=O) groups is 3. The van der Waals surface area contributed by atoms with Gasteiger partial charge in [-0.25, -0.2) is 4.98 Å². The zero-order valence-corrected chi connectivity index (χ0v) is 17.5. The fraction of sp³-hybridized carbons (Fsp3) is 0.227. The molecule has 164 valence electrons. The number of aliphatic carboxylic acids is 1. The van der Waals surface area contributed by atoms with E-state index < -0.39 is 23.9 Å². The number of aromatic nitrogens is 2. The van der Waals surface area contributed by atoms with Crippen LogP contribution in [0.1, 0.15) is 29.8 Å². The Balaban J connectivity index is 2.09. The van der Waals surface area contributed by atoms with Crippen LogP contribution in [0, 0.1) is 11.3 Å². The largest absolute Gasteiger partial charge is 0.480 e. The molecule has 0 saturated carbocycles. The normalized spacial score (nSPS) is 11.4. The van der Waals surface area contributed by atoms with E-state index in [-0.39, 0.29) is 24.4 Å². The molecule has 0 radical (unpaired) electrons. The van der Waals surface area contributed by atoms with Crippen molar-refractivity contribution in [3.05, 3.63) is 53.7 Å². The minimum atomic E-state index is -1.16. The molecule has 10 heteroatoms. The van der Waals surface area contributed by atoms with Gasteiger partial charge in [-0.05, 0) is 38.1 Å². The van der Waals surface area contributed by atoms with Crippen molar-refractivity contribution in [2.75, 3.05) is 18.5 Å². The SMILES string of the molecule is CCOC(=O)CNc1c(-c2ccc(C#N)cc2)nc2c(C(=O)NC(C)C(=O)O)cccn12. The van der Waals surface area contributed by atoms with Crippen LogP contribution in [-0.2, 0) is 14.3 Å². The van der Waals surface area contributed by atoms with Crippen molar-refractivity contribution in [3.8, 4) is 17.3 Å². The lowest BCUT2D eigenvalue weighted by molar-refractivity contribution is -0.141. The van der Waals surface area contributed by atoms with Crippen LogP contribution in [-0.4, -0.2) is 51.5 Å². The molecule has 3 N–H and O–H groups in total. The quantitative estimate of drug-likeness (QED) is 0.456. The first kappa shape index (κ1) is 22.3. The molecule has 2 aromatic heterocycles. The fourth-order valence-electron chi connectivity index (χ4n) is 3.02. The average molecular weight is 435 g/mol. The lowest BCUT2D eigenvalue weighted by atomic mass is 10.1. The monoisotopic (exact) mass is 435 g/mol. The predicted molar refractivity (Wildman–Crippen MR) is 115 cm³/mol. The van der Waals surface area contributed by atoms with E-state index in [4.69, 9.17) is 15.1 Å². The number of nitrogens with zero attached hydrogens (tertiary/aromatic N) is 3. The summed E-state index contributed by atoms with van der Waals surface area (Å²) in [7, 11) is 0. The Morgan fingerprint density at radius 2 is 1.97 bits per heavy atom. The highest BCUT2D eigenvalue weighted by molar-refractivity contribution is 6.02. The lowest BCUT2D eigenvalue weighted by Crippen LogP contribution is -2.38. The third kappa shape index (κ3) is 4.67. The van der Waals surface area contributed by atoms with Crippen LogP contribution >= 0.6 is 0 Å². The molecular weight excluding hydrogens is 414 g/mol. The summed E-state index contributed by atoms with van der Waals surface area (Å²) in [5, 5.41) is 23.6. The van der Waals surface area contributed by atoms with E-state index in [1.54, 1.807) is 47.9 Å². The zero-order valence-electron chi connectivity index (χ0n) is 17.5. The molecule has 0 aliphatic carbocycles. The first-order valence-electron chi connectivity index (χ1n) is 9.80. The van der Waals surface area contributed by atoms with E-state index in [9.17, 15) is 14.4 Å². The Bertz CT molecular complexity index is 1210. The number of fused-ring (bicyclic) bond motifs is 1. The number of ether oxygens (including phenoxy) is 1. The number of esters is 1. The summed E-state index contributed by atoms with van der Waals surface area (Å²) in [5.41, 5.74) is 2.02. The van der Waals surface area contributed by atoms with Gasteiger partial charge in [0.25, 0.3) is 5.91 Å². The molecule has 32 heavy (non-hydrogen) atoms. The Labute approximate surface area is 183 Å². The summed E-state index contributed by atoms with van der Waals surface area (Å²) >= 11 is 0. The summed E-state index contributed by atoms with van der Waals surface area (Å²) in [5.74, 6) is -1.78. The number of anilines is 1. The predicted octanol–water partition coefficient (Wildman–Crippen LogP) is 2.05. The molecule has 0 spiro atoms. The lowest BCUT2D eigenvalue weighted by Gasteiger charge is -2.11. The van der Waals surface area contributed by atoms with Crippen LogP contribution in [0.25, 0.3) is 16.9 Å². The van der Waals surface area contributed by atoms with Crippen molar-refractivity contribution in [1.82, 2.24) is 14.7 Å². The maximum Gasteiger partial charge on any atom is 0.325 e. The highest BCUT2D eigenvalue weighted by Gasteiger charge is 2.22. The second-order valence-electron chi connectivity index (χ2n) is 6.81. The summed E-state index contributed by atoms with van der Waals surface area (Å²) in [6.07, 6.45) is 1.67. The molecule has 0 aliphatic heterocycles. The number of hydrogen-bond donors (Lipinski definition) is 3. The van der Waals surface area contributed by atoms with E-state index >= 15 is 0 Å². The number of pyridine rings is 1. The molecule has 0 saturated heterocycles. The van der Waals surface area contributed by atoms with Crippen molar-refractivity contribution in [2.45, 2.75) is 19.9 Å². The number of hydrogen-bond acceptors (Lipinski definition) is 7. The molecule has 10 nitrogen and oxygen atoms in total.